The number of amides is 1. The van der Waals surface area contributed by atoms with Crippen molar-refractivity contribution in [2.75, 3.05) is 18.4 Å². The average Bonchev–Trinajstić information content (AvgIpc) is 2.79. The molecule has 1 saturated heterocycles. The monoisotopic (exact) mass is 422 g/mol. The van der Waals surface area contributed by atoms with Crippen LogP contribution in [0.4, 0.5) is 5.69 Å². The minimum absolute atomic E-state index is 0.127. The largest absolute Gasteiger partial charge is 0.326 e. The van der Waals surface area contributed by atoms with Crippen LogP contribution < -0.4 is 5.32 Å². The Bertz CT molecular complexity index is 1160. The first kappa shape index (κ1) is 20.6. The van der Waals surface area contributed by atoms with E-state index in [4.69, 9.17) is 0 Å². The maximum Gasteiger partial charge on any atom is 0.243 e. The van der Waals surface area contributed by atoms with E-state index in [-0.39, 0.29) is 23.3 Å². The fourth-order valence-electron chi connectivity index (χ4n) is 3.92. The molecule has 1 atom stereocenters. The lowest BCUT2D eigenvalue weighted by atomic mass is 9.98. The smallest absolute Gasteiger partial charge is 0.243 e. The lowest BCUT2D eigenvalue weighted by Crippen LogP contribution is -2.43. The Morgan fingerprint density at radius 2 is 1.77 bits per heavy atom. The second kappa shape index (κ2) is 8.58. The summed E-state index contributed by atoms with van der Waals surface area (Å²) in [7, 11) is -3.65. The summed E-state index contributed by atoms with van der Waals surface area (Å²) in [6.45, 7) is 2.72. The first-order chi connectivity index (χ1) is 14.5. The Morgan fingerprint density at radius 3 is 2.50 bits per heavy atom. The molecule has 3 aromatic carbocycles. The summed E-state index contributed by atoms with van der Waals surface area (Å²) >= 11 is 0. The van der Waals surface area contributed by atoms with Crippen molar-refractivity contribution in [3.63, 3.8) is 0 Å². The molecule has 0 unspecified atom stereocenters. The van der Waals surface area contributed by atoms with Crippen molar-refractivity contribution in [3.05, 3.63) is 72.3 Å². The summed E-state index contributed by atoms with van der Waals surface area (Å²) in [5, 5.41) is 4.83. The third kappa shape index (κ3) is 4.25. The molecule has 0 spiro atoms. The SMILES string of the molecule is CCc1ccc(NC(=O)[C@@H]2CCCN(S(=O)(=O)c3ccc4ccccc4c3)C2)cc1. The van der Waals surface area contributed by atoms with Crippen molar-refractivity contribution in [1.82, 2.24) is 4.31 Å². The lowest BCUT2D eigenvalue weighted by molar-refractivity contribution is -0.120. The Hall–Kier alpha value is -2.70. The summed E-state index contributed by atoms with van der Waals surface area (Å²) in [4.78, 5) is 13.0. The van der Waals surface area contributed by atoms with Crippen LogP contribution in [-0.4, -0.2) is 31.7 Å². The summed E-state index contributed by atoms with van der Waals surface area (Å²) in [6.07, 6.45) is 2.29. The molecule has 6 heteroatoms. The first-order valence-corrected chi connectivity index (χ1v) is 11.8. The quantitative estimate of drug-likeness (QED) is 0.661. The number of hydrogen-bond donors (Lipinski definition) is 1. The number of sulfonamides is 1. The van der Waals surface area contributed by atoms with Gasteiger partial charge in [0, 0.05) is 18.8 Å². The van der Waals surface area contributed by atoms with E-state index in [1.165, 1.54) is 9.87 Å². The zero-order valence-corrected chi connectivity index (χ0v) is 17.9. The highest BCUT2D eigenvalue weighted by Gasteiger charge is 2.33. The number of carbonyl (C=O) groups excluding carboxylic acids is 1. The highest BCUT2D eigenvalue weighted by Crippen LogP contribution is 2.27. The normalized spacial score (nSPS) is 17.7. The number of benzene rings is 3. The van der Waals surface area contributed by atoms with Crippen LogP contribution in [0, 0.1) is 5.92 Å². The number of fused-ring (bicyclic) bond motifs is 1. The Kier molecular flexibility index (Phi) is 5.88. The first-order valence-electron chi connectivity index (χ1n) is 10.4. The highest BCUT2D eigenvalue weighted by molar-refractivity contribution is 7.89. The van der Waals surface area contributed by atoms with Crippen molar-refractivity contribution in [2.45, 2.75) is 31.1 Å². The van der Waals surface area contributed by atoms with Crippen LogP contribution in [0.15, 0.2) is 71.6 Å². The van der Waals surface area contributed by atoms with Gasteiger partial charge in [0.2, 0.25) is 15.9 Å². The molecule has 0 bridgehead atoms. The summed E-state index contributed by atoms with van der Waals surface area (Å²) < 4.78 is 27.9. The summed E-state index contributed by atoms with van der Waals surface area (Å²) in [5.41, 5.74) is 1.95. The van der Waals surface area contributed by atoms with E-state index in [0.29, 0.717) is 19.4 Å². The van der Waals surface area contributed by atoms with Gasteiger partial charge in [-0.05, 0) is 59.9 Å². The fraction of sp³-hybridized carbons (Fsp3) is 0.292. The molecule has 1 heterocycles. The number of hydrogen-bond acceptors (Lipinski definition) is 3. The molecule has 3 aromatic rings. The van der Waals surface area contributed by atoms with Crippen molar-refractivity contribution < 1.29 is 13.2 Å². The van der Waals surface area contributed by atoms with E-state index in [2.05, 4.69) is 12.2 Å². The highest BCUT2D eigenvalue weighted by atomic mass is 32.2. The topological polar surface area (TPSA) is 66.5 Å². The second-order valence-corrected chi connectivity index (χ2v) is 9.69. The molecule has 0 radical (unpaired) electrons. The van der Waals surface area contributed by atoms with Gasteiger partial charge in [-0.25, -0.2) is 8.42 Å². The number of nitrogens with zero attached hydrogens (tertiary/aromatic N) is 1. The summed E-state index contributed by atoms with van der Waals surface area (Å²) in [5.74, 6) is -0.488. The number of carbonyl (C=O) groups is 1. The molecular formula is C24H26N2O3S. The molecule has 0 aromatic heterocycles. The predicted octanol–water partition coefficient (Wildman–Crippen LogP) is 4.44. The van der Waals surface area contributed by atoms with Crippen LogP contribution in [0.25, 0.3) is 10.8 Å². The van der Waals surface area contributed by atoms with Crippen LogP contribution in [0.3, 0.4) is 0 Å². The molecule has 0 saturated carbocycles. The third-order valence-corrected chi connectivity index (χ3v) is 7.60. The van der Waals surface area contributed by atoms with Crippen molar-refractivity contribution >= 4 is 32.4 Å². The van der Waals surface area contributed by atoms with Gasteiger partial charge in [-0.15, -0.1) is 0 Å². The molecule has 1 amide bonds. The van der Waals surface area contributed by atoms with Gasteiger partial charge >= 0.3 is 0 Å². The minimum Gasteiger partial charge on any atom is -0.326 e. The van der Waals surface area contributed by atoms with Crippen molar-refractivity contribution in [1.29, 1.82) is 0 Å². The van der Waals surface area contributed by atoms with Crippen LogP contribution >= 0.6 is 0 Å². The van der Waals surface area contributed by atoms with Crippen LogP contribution in [0.5, 0.6) is 0 Å². The van der Waals surface area contributed by atoms with Gasteiger partial charge in [-0.2, -0.15) is 4.31 Å². The van der Waals surface area contributed by atoms with E-state index in [9.17, 15) is 13.2 Å². The van der Waals surface area contributed by atoms with E-state index >= 15 is 0 Å². The van der Waals surface area contributed by atoms with Gasteiger partial charge in [0.15, 0.2) is 0 Å². The molecule has 1 N–H and O–H groups in total. The molecule has 0 aliphatic carbocycles. The Balaban J connectivity index is 1.49. The van der Waals surface area contributed by atoms with E-state index in [1.807, 2.05) is 54.6 Å². The summed E-state index contributed by atoms with van der Waals surface area (Å²) in [6, 6.07) is 20.7. The minimum atomic E-state index is -3.65. The van der Waals surface area contributed by atoms with Gasteiger partial charge in [0.05, 0.1) is 10.8 Å². The molecule has 156 valence electrons. The number of rotatable bonds is 5. The fourth-order valence-corrected chi connectivity index (χ4v) is 5.48. The molecule has 4 rings (SSSR count). The van der Waals surface area contributed by atoms with Gasteiger partial charge in [0.25, 0.3) is 0 Å². The van der Waals surface area contributed by atoms with Crippen LogP contribution in [0.1, 0.15) is 25.3 Å². The second-order valence-electron chi connectivity index (χ2n) is 7.75. The van der Waals surface area contributed by atoms with E-state index in [1.54, 1.807) is 12.1 Å². The maximum atomic E-state index is 13.2. The molecule has 1 aliphatic heterocycles. The Labute approximate surface area is 177 Å². The number of nitrogens with one attached hydrogen (secondary N) is 1. The van der Waals surface area contributed by atoms with E-state index in [0.717, 1.165) is 22.9 Å². The average molecular weight is 423 g/mol. The third-order valence-electron chi connectivity index (χ3n) is 5.74. The maximum absolute atomic E-state index is 13.2. The molecule has 30 heavy (non-hydrogen) atoms. The molecular weight excluding hydrogens is 396 g/mol. The number of anilines is 1. The van der Waals surface area contributed by atoms with Crippen LogP contribution in [-0.2, 0) is 21.2 Å². The number of piperidine rings is 1. The molecule has 1 fully saturated rings. The molecule has 5 nitrogen and oxygen atoms in total. The van der Waals surface area contributed by atoms with Gasteiger partial charge < -0.3 is 5.32 Å². The van der Waals surface area contributed by atoms with Crippen molar-refractivity contribution in [2.24, 2.45) is 5.92 Å². The standard InChI is InChI=1S/C24H26N2O3S/c1-2-18-9-12-22(13-10-18)25-24(27)21-8-5-15-26(17-21)30(28,29)23-14-11-19-6-3-4-7-20(19)16-23/h3-4,6-7,9-14,16,21H,2,5,8,15,17H2,1H3,(H,25,27)/t21-/m1/s1. The lowest BCUT2D eigenvalue weighted by Gasteiger charge is -2.31. The van der Waals surface area contributed by atoms with E-state index < -0.39 is 10.0 Å². The van der Waals surface area contributed by atoms with Crippen molar-refractivity contribution in [3.8, 4) is 0 Å². The van der Waals surface area contributed by atoms with Gasteiger partial charge in [-0.1, -0.05) is 49.4 Å². The predicted molar refractivity (Wildman–Crippen MR) is 120 cm³/mol. The zero-order chi connectivity index (χ0) is 21.1. The molecule has 1 aliphatic rings. The Morgan fingerprint density at radius 1 is 1.03 bits per heavy atom. The van der Waals surface area contributed by atoms with Gasteiger partial charge in [-0.3, -0.25) is 4.79 Å². The number of aryl methyl sites for hydroxylation is 1. The van der Waals surface area contributed by atoms with Crippen LogP contribution in [0.2, 0.25) is 0 Å². The zero-order valence-electron chi connectivity index (χ0n) is 17.0. The van der Waals surface area contributed by atoms with Gasteiger partial charge in [0.1, 0.15) is 0 Å².